The second-order valence-electron chi connectivity index (χ2n) is 9.24. The molecule has 1 aliphatic heterocycles. The average molecular weight is 536 g/mol. The number of carbonyl (C=O) groups excluding carboxylic acids is 3. The van der Waals surface area contributed by atoms with Gasteiger partial charge in [-0.3, -0.25) is 19.4 Å². The highest BCUT2D eigenvalue weighted by Crippen LogP contribution is 2.20. The first-order chi connectivity index (χ1) is 17.9. The van der Waals surface area contributed by atoms with Crippen LogP contribution in [0, 0.1) is 0 Å². The first-order valence-corrected chi connectivity index (χ1v) is 12.3. The van der Waals surface area contributed by atoms with Gasteiger partial charge >= 0.3 is 5.97 Å². The summed E-state index contributed by atoms with van der Waals surface area (Å²) in [6, 6.07) is 1.38. The Labute approximate surface area is 220 Å². The third kappa shape index (κ3) is 8.88. The van der Waals surface area contributed by atoms with Crippen molar-refractivity contribution in [3.63, 3.8) is 0 Å². The molecule has 0 radical (unpaired) electrons. The summed E-state index contributed by atoms with van der Waals surface area (Å²) in [7, 11) is 0. The minimum Gasteiger partial charge on any atom is -0.508 e. The summed E-state index contributed by atoms with van der Waals surface area (Å²) in [5.74, 6) is -3.32. The van der Waals surface area contributed by atoms with Crippen molar-refractivity contribution in [2.45, 2.75) is 69.3 Å². The first kappa shape index (κ1) is 30.3. The van der Waals surface area contributed by atoms with Crippen LogP contribution >= 0.6 is 0 Å². The second kappa shape index (κ2) is 14.1. The molecule has 11 N–H and O–H groups in total. The smallest absolute Gasteiger partial charge is 0.328 e. The number of nitrogens with one attached hydrogen (secondary N) is 2. The number of carbonyl (C=O) groups is 4. The number of hydrogen-bond donors (Lipinski definition) is 8. The summed E-state index contributed by atoms with van der Waals surface area (Å²) in [6.07, 6.45) is 0.271. The molecular formula is C24H37N7O7. The molecule has 0 spiro atoms. The zero-order valence-electron chi connectivity index (χ0n) is 21.2. The summed E-state index contributed by atoms with van der Waals surface area (Å²) < 4.78 is 0. The summed E-state index contributed by atoms with van der Waals surface area (Å²) >= 11 is 0. The number of aliphatic hydroxyl groups is 1. The summed E-state index contributed by atoms with van der Waals surface area (Å²) in [4.78, 5) is 55.9. The van der Waals surface area contributed by atoms with Crippen LogP contribution in [0.4, 0.5) is 0 Å². The number of carboxylic acids is 1. The van der Waals surface area contributed by atoms with E-state index in [1.54, 1.807) is 12.1 Å². The number of aliphatic carboxylic acids is 1. The van der Waals surface area contributed by atoms with Crippen LogP contribution in [0.2, 0.25) is 0 Å². The van der Waals surface area contributed by atoms with Crippen molar-refractivity contribution in [2.75, 3.05) is 13.1 Å². The van der Waals surface area contributed by atoms with E-state index in [2.05, 4.69) is 15.6 Å². The molecule has 1 aromatic carbocycles. The number of guanidine groups is 1. The van der Waals surface area contributed by atoms with Crippen LogP contribution in [0.5, 0.6) is 5.75 Å². The maximum absolute atomic E-state index is 13.3. The van der Waals surface area contributed by atoms with Gasteiger partial charge in [-0.2, -0.15) is 0 Å². The van der Waals surface area contributed by atoms with Gasteiger partial charge < -0.3 is 48.1 Å². The van der Waals surface area contributed by atoms with Crippen LogP contribution in [0.1, 0.15) is 38.2 Å². The third-order valence-corrected chi connectivity index (χ3v) is 6.18. The van der Waals surface area contributed by atoms with Crippen LogP contribution in [0.25, 0.3) is 0 Å². The van der Waals surface area contributed by atoms with Gasteiger partial charge in [-0.15, -0.1) is 0 Å². The van der Waals surface area contributed by atoms with Gasteiger partial charge in [-0.1, -0.05) is 12.1 Å². The predicted octanol–water partition coefficient (Wildman–Crippen LogP) is -2.26. The molecule has 38 heavy (non-hydrogen) atoms. The minimum absolute atomic E-state index is 0.00795. The third-order valence-electron chi connectivity index (χ3n) is 6.18. The van der Waals surface area contributed by atoms with E-state index in [9.17, 15) is 34.5 Å². The van der Waals surface area contributed by atoms with Crippen LogP contribution in [0.3, 0.4) is 0 Å². The van der Waals surface area contributed by atoms with Crippen LogP contribution < -0.4 is 27.8 Å². The van der Waals surface area contributed by atoms with Gasteiger partial charge in [0.05, 0.1) is 12.1 Å². The van der Waals surface area contributed by atoms with Crippen molar-refractivity contribution in [3.05, 3.63) is 29.8 Å². The van der Waals surface area contributed by atoms with E-state index in [0.717, 1.165) is 0 Å². The fourth-order valence-electron chi connectivity index (χ4n) is 4.15. The molecule has 0 bridgehead atoms. The lowest BCUT2D eigenvalue weighted by Crippen LogP contribution is -2.58. The molecule has 2 rings (SSSR count). The maximum atomic E-state index is 13.3. The molecule has 5 atom stereocenters. The Morgan fingerprint density at radius 1 is 1.16 bits per heavy atom. The molecule has 0 aliphatic carbocycles. The highest BCUT2D eigenvalue weighted by Gasteiger charge is 2.38. The largest absolute Gasteiger partial charge is 0.508 e. The number of benzene rings is 1. The van der Waals surface area contributed by atoms with E-state index in [4.69, 9.17) is 17.2 Å². The Morgan fingerprint density at radius 3 is 2.39 bits per heavy atom. The number of aliphatic imine (C=N–C) groups is 1. The van der Waals surface area contributed by atoms with Gasteiger partial charge in [0.15, 0.2) is 12.0 Å². The zero-order chi connectivity index (χ0) is 28.4. The van der Waals surface area contributed by atoms with Crippen molar-refractivity contribution in [2.24, 2.45) is 22.2 Å². The Hall–Kier alpha value is -3.91. The molecule has 1 fully saturated rings. The summed E-state index contributed by atoms with van der Waals surface area (Å²) in [5, 5.41) is 33.5. The van der Waals surface area contributed by atoms with E-state index in [-0.39, 0.29) is 18.1 Å². The number of nitrogens with zero attached hydrogens (tertiary/aromatic N) is 2. The monoisotopic (exact) mass is 535 g/mol. The Bertz CT molecular complexity index is 1010. The predicted molar refractivity (Wildman–Crippen MR) is 138 cm³/mol. The number of nitrogens with two attached hydrogens (primary N) is 3. The van der Waals surface area contributed by atoms with E-state index in [1.807, 2.05) is 0 Å². The molecular weight excluding hydrogens is 498 g/mol. The van der Waals surface area contributed by atoms with Crippen molar-refractivity contribution in [3.8, 4) is 5.75 Å². The van der Waals surface area contributed by atoms with E-state index in [1.165, 1.54) is 24.0 Å². The number of amides is 3. The zero-order valence-corrected chi connectivity index (χ0v) is 21.2. The highest BCUT2D eigenvalue weighted by atomic mass is 16.4. The molecule has 1 saturated heterocycles. The molecule has 14 heteroatoms. The van der Waals surface area contributed by atoms with Gasteiger partial charge in [0, 0.05) is 19.5 Å². The van der Waals surface area contributed by atoms with Gasteiger partial charge in [0.25, 0.3) is 0 Å². The lowest BCUT2D eigenvalue weighted by molar-refractivity contribution is -0.145. The molecule has 5 unspecified atom stereocenters. The molecule has 1 aliphatic rings. The topological polar surface area (TPSA) is 247 Å². The number of hydrogen-bond acceptors (Lipinski definition) is 8. The Balaban J connectivity index is 2.14. The summed E-state index contributed by atoms with van der Waals surface area (Å²) in [6.45, 7) is 1.84. The molecule has 14 nitrogen and oxygen atoms in total. The molecule has 1 aromatic rings. The van der Waals surface area contributed by atoms with Gasteiger partial charge in [-0.25, -0.2) is 4.79 Å². The van der Waals surface area contributed by atoms with Crippen molar-refractivity contribution in [1.82, 2.24) is 15.5 Å². The lowest BCUT2D eigenvalue weighted by atomic mass is 10.0. The Morgan fingerprint density at radius 2 is 1.82 bits per heavy atom. The van der Waals surface area contributed by atoms with Crippen molar-refractivity contribution < 1.29 is 34.5 Å². The van der Waals surface area contributed by atoms with Gasteiger partial charge in [0.2, 0.25) is 17.7 Å². The maximum Gasteiger partial charge on any atom is 0.328 e. The van der Waals surface area contributed by atoms with Gasteiger partial charge in [0.1, 0.15) is 17.8 Å². The van der Waals surface area contributed by atoms with Crippen LogP contribution in [0.15, 0.2) is 29.3 Å². The highest BCUT2D eigenvalue weighted by molar-refractivity contribution is 5.94. The normalized spacial score (nSPS) is 18.1. The van der Waals surface area contributed by atoms with Crippen LogP contribution in [-0.2, 0) is 25.6 Å². The average Bonchev–Trinajstić information content (AvgIpc) is 3.34. The number of likely N-dealkylation sites (tertiary alicyclic amines) is 1. The van der Waals surface area contributed by atoms with Crippen LogP contribution in [-0.4, -0.2) is 93.2 Å². The number of phenols is 1. The molecule has 1 heterocycles. The van der Waals surface area contributed by atoms with E-state index >= 15 is 0 Å². The van der Waals surface area contributed by atoms with E-state index in [0.29, 0.717) is 44.3 Å². The summed E-state index contributed by atoms with van der Waals surface area (Å²) in [5.41, 5.74) is 17.2. The number of aliphatic hydroxyl groups excluding tert-OH is 1. The number of phenolic OH excluding ortho intramolecular Hbond substituents is 1. The van der Waals surface area contributed by atoms with E-state index < -0.39 is 54.0 Å². The lowest BCUT2D eigenvalue weighted by Gasteiger charge is -2.29. The minimum atomic E-state index is -1.59. The Kier molecular flexibility index (Phi) is 11.3. The van der Waals surface area contributed by atoms with Crippen molar-refractivity contribution >= 4 is 29.7 Å². The standard InChI is InChI=1S/C24H37N7O7/c1-13(32)19(23(37)38)30-20(34)17(12-14-6-8-15(33)9-7-14)29-21(35)18-5-3-11-31(18)22(36)16(25)4-2-10-28-24(26)27/h6-9,13,16-19,32-33H,2-5,10-12,25H2,1H3,(H,29,35)(H,30,34)(H,37,38)(H4,26,27,28). The molecule has 0 aromatic heterocycles. The molecule has 210 valence electrons. The van der Waals surface area contributed by atoms with Crippen molar-refractivity contribution in [1.29, 1.82) is 0 Å². The van der Waals surface area contributed by atoms with Gasteiger partial charge in [-0.05, 0) is 50.3 Å². The number of rotatable bonds is 13. The molecule has 0 saturated carbocycles. The molecule has 3 amide bonds. The second-order valence-corrected chi connectivity index (χ2v) is 9.24. The first-order valence-electron chi connectivity index (χ1n) is 12.3. The number of carboxylic acid groups (broad SMARTS) is 1. The SMILES string of the molecule is CC(O)C(NC(=O)C(Cc1ccc(O)cc1)NC(=O)C1CCCN1C(=O)C(N)CCCN=C(N)N)C(=O)O. The fourth-order valence-corrected chi connectivity index (χ4v) is 4.15. The fraction of sp³-hybridized carbons (Fsp3) is 0.542. The number of aromatic hydroxyl groups is 1. The quantitative estimate of drug-likeness (QED) is 0.0765.